The zero-order valence-corrected chi connectivity index (χ0v) is 9.67. The lowest BCUT2D eigenvalue weighted by Crippen LogP contribution is -2.14. The van der Waals surface area contributed by atoms with E-state index in [1.165, 1.54) is 0 Å². The lowest BCUT2D eigenvalue weighted by atomic mass is 10.1. The van der Waals surface area contributed by atoms with Gasteiger partial charge in [0.2, 0.25) is 0 Å². The van der Waals surface area contributed by atoms with E-state index >= 15 is 0 Å². The van der Waals surface area contributed by atoms with Gasteiger partial charge in [0.25, 0.3) is 10.1 Å². The first-order valence-electron chi connectivity index (χ1n) is 4.70. The Morgan fingerprint density at radius 3 is 2.47 bits per heavy atom. The number of thioether (sulfide) groups is 1. The standard InChI is InChI=1S/C10H12O3S2/c11-15(12,13)10(6-9-7-14-9)8-4-2-1-3-5-8/h1-5,9-10H,6-7H2,(H,11,12,13). The highest BCUT2D eigenvalue weighted by atomic mass is 32.2. The molecular formula is C10H12O3S2. The van der Waals surface area contributed by atoms with Gasteiger partial charge in [-0.05, 0) is 12.0 Å². The first kappa shape index (κ1) is 11.0. The van der Waals surface area contributed by atoms with Gasteiger partial charge in [0.15, 0.2) is 0 Å². The van der Waals surface area contributed by atoms with E-state index in [0.29, 0.717) is 17.2 Å². The van der Waals surface area contributed by atoms with E-state index in [0.717, 1.165) is 5.75 Å². The minimum atomic E-state index is -3.99. The molecule has 82 valence electrons. The third-order valence-corrected chi connectivity index (χ3v) is 4.59. The molecule has 3 nitrogen and oxygen atoms in total. The van der Waals surface area contributed by atoms with E-state index < -0.39 is 15.4 Å². The van der Waals surface area contributed by atoms with Gasteiger partial charge in [-0.3, -0.25) is 4.55 Å². The van der Waals surface area contributed by atoms with Crippen LogP contribution in [0.2, 0.25) is 0 Å². The van der Waals surface area contributed by atoms with Crippen molar-refractivity contribution in [2.45, 2.75) is 16.9 Å². The highest BCUT2D eigenvalue weighted by Gasteiger charge is 2.33. The zero-order valence-electron chi connectivity index (χ0n) is 8.04. The maximum Gasteiger partial charge on any atom is 0.272 e. The average Bonchev–Trinajstić information content (AvgIpc) is 2.97. The molecular weight excluding hydrogens is 232 g/mol. The molecule has 2 unspecified atom stereocenters. The van der Waals surface area contributed by atoms with Gasteiger partial charge in [0.1, 0.15) is 5.25 Å². The van der Waals surface area contributed by atoms with Crippen LogP contribution in [0.1, 0.15) is 17.2 Å². The number of benzene rings is 1. The van der Waals surface area contributed by atoms with Crippen molar-refractivity contribution >= 4 is 21.9 Å². The Morgan fingerprint density at radius 1 is 1.40 bits per heavy atom. The SMILES string of the molecule is O=S(=O)(O)C(CC1CS1)c1ccccc1. The van der Waals surface area contributed by atoms with Crippen LogP contribution in [-0.2, 0) is 10.1 Å². The Kier molecular flexibility index (Phi) is 3.04. The van der Waals surface area contributed by atoms with Crippen LogP contribution in [-0.4, -0.2) is 24.0 Å². The zero-order chi connectivity index (χ0) is 10.9. The molecule has 0 amide bonds. The van der Waals surface area contributed by atoms with Crippen LogP contribution in [0.15, 0.2) is 30.3 Å². The molecule has 15 heavy (non-hydrogen) atoms. The summed E-state index contributed by atoms with van der Waals surface area (Å²) in [7, 11) is -3.99. The summed E-state index contributed by atoms with van der Waals surface area (Å²) in [5, 5.41) is -0.379. The Hall–Kier alpha value is -0.520. The number of hydrogen-bond donors (Lipinski definition) is 1. The molecule has 5 heteroatoms. The summed E-state index contributed by atoms with van der Waals surface area (Å²) in [5.74, 6) is 0.999. The van der Waals surface area contributed by atoms with Crippen LogP contribution in [0.25, 0.3) is 0 Å². The van der Waals surface area contributed by atoms with E-state index in [1.54, 1.807) is 36.0 Å². The molecule has 1 saturated heterocycles. The molecule has 0 radical (unpaired) electrons. The summed E-state index contributed by atoms with van der Waals surface area (Å²) in [6.07, 6.45) is 0.507. The highest BCUT2D eigenvalue weighted by molar-refractivity contribution is 8.06. The van der Waals surface area contributed by atoms with E-state index in [9.17, 15) is 13.0 Å². The molecule has 0 aromatic heterocycles. The maximum absolute atomic E-state index is 11.2. The van der Waals surface area contributed by atoms with Gasteiger partial charge in [-0.25, -0.2) is 0 Å². The van der Waals surface area contributed by atoms with Crippen LogP contribution in [0, 0.1) is 0 Å². The number of rotatable bonds is 4. The molecule has 1 aromatic carbocycles. The molecule has 1 aromatic rings. The van der Waals surface area contributed by atoms with Crippen LogP contribution < -0.4 is 0 Å². The molecule has 0 bridgehead atoms. The van der Waals surface area contributed by atoms with Crippen molar-refractivity contribution in [1.29, 1.82) is 0 Å². The van der Waals surface area contributed by atoms with Crippen LogP contribution >= 0.6 is 11.8 Å². The Balaban J connectivity index is 2.25. The first-order valence-corrected chi connectivity index (χ1v) is 7.25. The van der Waals surface area contributed by atoms with Crippen molar-refractivity contribution in [3.8, 4) is 0 Å². The minimum Gasteiger partial charge on any atom is -0.285 e. The van der Waals surface area contributed by atoms with E-state index in [2.05, 4.69) is 0 Å². The van der Waals surface area contributed by atoms with Gasteiger partial charge in [0.05, 0.1) is 0 Å². The molecule has 1 N–H and O–H groups in total. The largest absolute Gasteiger partial charge is 0.285 e. The van der Waals surface area contributed by atoms with Crippen LogP contribution in [0.5, 0.6) is 0 Å². The van der Waals surface area contributed by atoms with E-state index in [1.807, 2.05) is 6.07 Å². The Morgan fingerprint density at radius 2 is 2.00 bits per heavy atom. The molecule has 2 atom stereocenters. The smallest absolute Gasteiger partial charge is 0.272 e. The van der Waals surface area contributed by atoms with Crippen LogP contribution in [0.3, 0.4) is 0 Å². The second-order valence-electron chi connectivity index (χ2n) is 3.61. The fraction of sp³-hybridized carbons (Fsp3) is 0.400. The predicted molar refractivity (Wildman–Crippen MR) is 61.6 cm³/mol. The van der Waals surface area contributed by atoms with Crippen molar-refractivity contribution in [1.82, 2.24) is 0 Å². The summed E-state index contributed by atoms with van der Waals surface area (Å²) in [5.41, 5.74) is 0.674. The summed E-state index contributed by atoms with van der Waals surface area (Å²) < 4.78 is 31.7. The Bertz CT molecular complexity index is 423. The molecule has 2 rings (SSSR count). The third kappa shape index (κ3) is 2.96. The van der Waals surface area contributed by atoms with E-state index in [4.69, 9.17) is 0 Å². The molecule has 1 fully saturated rings. The predicted octanol–water partition coefficient (Wildman–Crippen LogP) is 2.12. The van der Waals surface area contributed by atoms with Gasteiger partial charge in [-0.1, -0.05) is 30.3 Å². The fourth-order valence-electron chi connectivity index (χ4n) is 1.54. The average molecular weight is 244 g/mol. The van der Waals surface area contributed by atoms with Gasteiger partial charge >= 0.3 is 0 Å². The normalized spacial score (nSPS) is 22.3. The summed E-state index contributed by atoms with van der Waals surface area (Å²) in [6, 6.07) is 8.88. The summed E-state index contributed by atoms with van der Waals surface area (Å²) >= 11 is 1.73. The monoisotopic (exact) mass is 244 g/mol. The summed E-state index contributed by atoms with van der Waals surface area (Å²) in [4.78, 5) is 0. The molecule has 1 aliphatic rings. The van der Waals surface area contributed by atoms with Gasteiger partial charge in [-0.2, -0.15) is 20.2 Å². The second kappa shape index (κ2) is 4.15. The quantitative estimate of drug-likeness (QED) is 0.651. The maximum atomic E-state index is 11.2. The molecule has 0 spiro atoms. The fourth-order valence-corrected chi connectivity index (χ4v) is 3.24. The lowest BCUT2D eigenvalue weighted by Gasteiger charge is -2.12. The molecule has 0 saturated carbocycles. The van der Waals surface area contributed by atoms with E-state index in [-0.39, 0.29) is 0 Å². The minimum absolute atomic E-state index is 0.386. The molecule has 1 heterocycles. The van der Waals surface area contributed by atoms with Crippen molar-refractivity contribution < 1.29 is 13.0 Å². The number of hydrogen-bond acceptors (Lipinski definition) is 3. The van der Waals surface area contributed by atoms with Crippen LogP contribution in [0.4, 0.5) is 0 Å². The van der Waals surface area contributed by atoms with Crippen molar-refractivity contribution in [2.75, 3.05) is 5.75 Å². The topological polar surface area (TPSA) is 54.4 Å². The Labute approximate surface area is 93.6 Å². The molecule has 0 aliphatic carbocycles. The van der Waals surface area contributed by atoms with Crippen molar-refractivity contribution in [3.63, 3.8) is 0 Å². The lowest BCUT2D eigenvalue weighted by molar-refractivity contribution is 0.465. The van der Waals surface area contributed by atoms with Gasteiger partial charge < -0.3 is 0 Å². The van der Waals surface area contributed by atoms with Gasteiger partial charge in [-0.15, -0.1) is 0 Å². The highest BCUT2D eigenvalue weighted by Crippen LogP contribution is 2.40. The molecule has 1 aliphatic heterocycles. The van der Waals surface area contributed by atoms with Gasteiger partial charge in [0, 0.05) is 11.0 Å². The third-order valence-electron chi connectivity index (χ3n) is 2.41. The second-order valence-corrected chi connectivity index (χ2v) is 6.54. The first-order chi connectivity index (χ1) is 7.07. The van der Waals surface area contributed by atoms with Crippen molar-refractivity contribution in [2.24, 2.45) is 0 Å². The summed E-state index contributed by atoms with van der Waals surface area (Å²) in [6.45, 7) is 0. The van der Waals surface area contributed by atoms with Crippen molar-refractivity contribution in [3.05, 3.63) is 35.9 Å².